The number of nitrogens with zero attached hydrogens (tertiary/aromatic N) is 2. The molecule has 43 heavy (non-hydrogen) atoms. The van der Waals surface area contributed by atoms with Crippen LogP contribution in [-0.2, 0) is 11.2 Å². The van der Waals surface area contributed by atoms with Crippen molar-refractivity contribution in [3.8, 4) is 0 Å². The lowest BCUT2D eigenvalue weighted by Gasteiger charge is -2.13. The van der Waals surface area contributed by atoms with E-state index in [9.17, 15) is 9.59 Å². The van der Waals surface area contributed by atoms with Gasteiger partial charge in [0.15, 0.2) is 0 Å². The number of pyridine rings is 1. The van der Waals surface area contributed by atoms with Gasteiger partial charge in [-0.05, 0) is 83.0 Å². The van der Waals surface area contributed by atoms with Crippen LogP contribution in [0.3, 0.4) is 0 Å². The maximum Gasteiger partial charge on any atom is 0.252 e. The Balaban J connectivity index is 1.37. The van der Waals surface area contributed by atoms with Gasteiger partial charge in [-0.15, -0.1) is 0 Å². The van der Waals surface area contributed by atoms with E-state index in [4.69, 9.17) is 0 Å². The van der Waals surface area contributed by atoms with Crippen molar-refractivity contribution in [3.63, 3.8) is 0 Å². The van der Waals surface area contributed by atoms with Crippen LogP contribution in [0.15, 0.2) is 79.1 Å². The fourth-order valence-electron chi connectivity index (χ4n) is 4.60. The highest BCUT2D eigenvalue weighted by molar-refractivity contribution is 5.93. The third-order valence-electron chi connectivity index (χ3n) is 7.11. The number of carbonyl (C=O) groups is 2. The van der Waals surface area contributed by atoms with Gasteiger partial charge in [-0.25, -0.2) is 0 Å². The van der Waals surface area contributed by atoms with E-state index < -0.39 is 0 Å². The minimum atomic E-state index is -0.110. The van der Waals surface area contributed by atoms with Crippen LogP contribution in [0.2, 0.25) is 0 Å². The molecule has 2 heterocycles. The Labute approximate surface area is 260 Å². The molecule has 0 aromatic carbocycles. The number of allylic oxidation sites excluding steroid dienone is 10. The predicted molar refractivity (Wildman–Crippen MR) is 180 cm³/mol. The minimum Gasteiger partial charge on any atom is -0.355 e. The van der Waals surface area contributed by atoms with Gasteiger partial charge in [-0.2, -0.15) is 0 Å². The van der Waals surface area contributed by atoms with Crippen LogP contribution >= 0.6 is 0 Å². The second-order valence-electron chi connectivity index (χ2n) is 10.8. The molecule has 236 valence electrons. The third-order valence-corrected chi connectivity index (χ3v) is 7.11. The lowest BCUT2D eigenvalue weighted by Crippen LogP contribution is -2.36. The summed E-state index contributed by atoms with van der Waals surface area (Å²) < 4.78 is 0. The van der Waals surface area contributed by atoms with Crippen molar-refractivity contribution in [1.29, 1.82) is 0 Å². The number of likely N-dealkylation sites (tertiary alicyclic amines) is 1. The third kappa shape index (κ3) is 19.5. The van der Waals surface area contributed by atoms with Gasteiger partial charge in [-0.1, -0.05) is 67.7 Å². The maximum absolute atomic E-state index is 12.3. The number of aromatic nitrogens is 1. The summed E-state index contributed by atoms with van der Waals surface area (Å²) in [5.41, 5.74) is 1.61. The number of amides is 2. The molecule has 1 aromatic rings. The fourth-order valence-corrected chi connectivity index (χ4v) is 4.60. The van der Waals surface area contributed by atoms with E-state index in [2.05, 4.69) is 93.5 Å². The van der Waals surface area contributed by atoms with E-state index >= 15 is 0 Å². The van der Waals surface area contributed by atoms with Crippen molar-refractivity contribution in [2.24, 2.45) is 0 Å². The van der Waals surface area contributed by atoms with Gasteiger partial charge in [0.2, 0.25) is 5.91 Å². The van der Waals surface area contributed by atoms with Gasteiger partial charge in [0.1, 0.15) is 0 Å². The number of carbonyl (C=O) groups excluding carboxylic acids is 2. The molecule has 2 amide bonds. The van der Waals surface area contributed by atoms with E-state index in [0.29, 0.717) is 38.2 Å². The van der Waals surface area contributed by atoms with Gasteiger partial charge < -0.3 is 20.9 Å². The molecule has 3 N–H and O–H groups in total. The summed E-state index contributed by atoms with van der Waals surface area (Å²) in [5.74, 6) is -0.0277. The smallest absolute Gasteiger partial charge is 0.252 e. The van der Waals surface area contributed by atoms with Crippen LogP contribution in [0.4, 0.5) is 0 Å². The largest absolute Gasteiger partial charge is 0.355 e. The highest BCUT2D eigenvalue weighted by atomic mass is 16.2. The Hall–Kier alpha value is -3.29. The summed E-state index contributed by atoms with van der Waals surface area (Å²) in [5, 5.41) is 9.11. The highest BCUT2D eigenvalue weighted by Gasteiger charge is 2.11. The lowest BCUT2D eigenvalue weighted by molar-refractivity contribution is -0.121. The first kappa shape index (κ1) is 35.9. The molecular formula is C36H55N5O2. The summed E-state index contributed by atoms with van der Waals surface area (Å²) in [6.45, 7) is 7.99. The molecule has 0 atom stereocenters. The van der Waals surface area contributed by atoms with Crippen molar-refractivity contribution < 1.29 is 9.59 Å². The summed E-state index contributed by atoms with van der Waals surface area (Å²) in [7, 11) is 0. The van der Waals surface area contributed by atoms with Crippen molar-refractivity contribution in [3.05, 3.63) is 90.3 Å². The van der Waals surface area contributed by atoms with E-state index in [1.807, 2.05) is 12.1 Å². The number of nitrogens with one attached hydrogen (secondary N) is 3. The molecule has 0 unspecified atom stereocenters. The van der Waals surface area contributed by atoms with Crippen LogP contribution in [0.5, 0.6) is 0 Å². The second kappa shape index (κ2) is 25.2. The molecule has 1 aliphatic rings. The zero-order valence-electron chi connectivity index (χ0n) is 26.4. The lowest BCUT2D eigenvalue weighted by atomic mass is 10.2. The number of hydrogen-bond acceptors (Lipinski definition) is 5. The number of unbranched alkanes of at least 4 members (excludes halogenated alkanes) is 1. The van der Waals surface area contributed by atoms with Gasteiger partial charge in [0.25, 0.3) is 5.91 Å². The topological polar surface area (TPSA) is 86.4 Å². The van der Waals surface area contributed by atoms with E-state index in [0.717, 1.165) is 63.6 Å². The molecule has 1 fully saturated rings. The monoisotopic (exact) mass is 589 g/mol. The first-order valence-electron chi connectivity index (χ1n) is 16.4. The standard InChI is InChI=1S/C36H55N5O2/c1-2-3-4-5-6-7-8-9-10-11-12-13-14-15-16-17-18-21-35(42)38-27-25-37-26-28-39-36(43)33-22-23-34(40-32-33)24-31-41-29-19-20-30-41/h3-4,6-7,9-10,12-13,15-16,22-23,32,37H,2,5,8,11,14,17-21,24-31H2,1H3,(H,38,42)(H,39,43). The van der Waals surface area contributed by atoms with Crippen LogP contribution in [0, 0.1) is 0 Å². The number of hydrogen-bond donors (Lipinski definition) is 3. The molecule has 2 rings (SSSR count). The molecule has 0 radical (unpaired) electrons. The molecule has 1 aromatic heterocycles. The van der Waals surface area contributed by atoms with Gasteiger partial charge in [-0.3, -0.25) is 14.6 Å². The Bertz CT molecular complexity index is 1020. The maximum atomic E-state index is 12.3. The second-order valence-corrected chi connectivity index (χ2v) is 10.8. The number of rotatable bonds is 23. The van der Waals surface area contributed by atoms with Crippen molar-refractivity contribution in [1.82, 2.24) is 25.8 Å². The molecule has 1 saturated heterocycles. The molecule has 1 aliphatic heterocycles. The normalized spacial score (nSPS) is 14.3. The van der Waals surface area contributed by atoms with Crippen molar-refractivity contribution in [2.75, 3.05) is 45.8 Å². The van der Waals surface area contributed by atoms with E-state index in [1.54, 1.807) is 6.20 Å². The van der Waals surface area contributed by atoms with Crippen LogP contribution < -0.4 is 16.0 Å². The van der Waals surface area contributed by atoms with Gasteiger partial charge in [0.05, 0.1) is 5.56 Å². The van der Waals surface area contributed by atoms with E-state index in [-0.39, 0.29) is 11.8 Å². The molecule has 0 spiro atoms. The Kier molecular flexibility index (Phi) is 21.1. The molecule has 0 saturated carbocycles. The highest BCUT2D eigenvalue weighted by Crippen LogP contribution is 2.09. The van der Waals surface area contributed by atoms with Crippen LogP contribution in [-0.4, -0.2) is 67.5 Å². The average molecular weight is 590 g/mol. The average Bonchev–Trinajstić information content (AvgIpc) is 3.55. The Morgan fingerprint density at radius 2 is 1.40 bits per heavy atom. The summed E-state index contributed by atoms with van der Waals surface area (Å²) >= 11 is 0. The first-order chi connectivity index (χ1) is 21.2. The molecular weight excluding hydrogens is 534 g/mol. The van der Waals surface area contributed by atoms with Crippen molar-refractivity contribution in [2.45, 2.75) is 77.6 Å². The summed E-state index contributed by atoms with van der Waals surface area (Å²) in [4.78, 5) is 31.3. The molecule has 0 bridgehead atoms. The summed E-state index contributed by atoms with van der Waals surface area (Å²) in [6, 6.07) is 3.81. The van der Waals surface area contributed by atoms with Gasteiger partial charge >= 0.3 is 0 Å². The van der Waals surface area contributed by atoms with Crippen LogP contribution in [0.1, 0.15) is 87.2 Å². The SMILES string of the molecule is CCC=CCC=CCC=CCC=CCC=CCCCC(=O)NCCNCCNC(=O)c1ccc(CCN2CCCC2)nc1. The molecule has 7 heteroatoms. The molecule has 7 nitrogen and oxygen atoms in total. The fraction of sp³-hybridized carbons (Fsp3) is 0.528. The van der Waals surface area contributed by atoms with Crippen LogP contribution in [0.25, 0.3) is 0 Å². The predicted octanol–water partition coefficient (Wildman–Crippen LogP) is 6.08. The quantitative estimate of drug-likeness (QED) is 0.106. The minimum absolute atomic E-state index is 0.0823. The van der Waals surface area contributed by atoms with Gasteiger partial charge in [0, 0.05) is 57.5 Å². The molecule has 0 aliphatic carbocycles. The zero-order valence-corrected chi connectivity index (χ0v) is 26.4. The summed E-state index contributed by atoms with van der Waals surface area (Å²) in [6.07, 6.45) is 34.4. The van der Waals surface area contributed by atoms with Crippen molar-refractivity contribution >= 4 is 11.8 Å². The first-order valence-corrected chi connectivity index (χ1v) is 16.4. The zero-order chi connectivity index (χ0) is 30.6. The Morgan fingerprint density at radius 3 is 2.00 bits per heavy atom. The van der Waals surface area contributed by atoms with E-state index in [1.165, 1.54) is 25.9 Å². The Morgan fingerprint density at radius 1 is 0.791 bits per heavy atom.